The Bertz CT molecular complexity index is 1120. The van der Waals surface area contributed by atoms with Crippen LogP contribution in [0.25, 0.3) is 11.3 Å². The zero-order chi connectivity index (χ0) is 20.4. The van der Waals surface area contributed by atoms with Crippen LogP contribution in [0.15, 0.2) is 59.5 Å². The summed E-state index contributed by atoms with van der Waals surface area (Å²) < 4.78 is 28.4. The molecule has 7 heteroatoms. The van der Waals surface area contributed by atoms with Gasteiger partial charge in [0.15, 0.2) is 5.82 Å². The second-order valence-corrected chi connectivity index (χ2v) is 9.08. The molecule has 29 heavy (non-hydrogen) atoms. The minimum absolute atomic E-state index is 0.290. The first-order chi connectivity index (χ1) is 13.9. The normalized spacial score (nSPS) is 14.2. The zero-order valence-corrected chi connectivity index (χ0v) is 17.4. The second kappa shape index (κ2) is 7.83. The number of nitrogens with zero attached hydrogens (tertiary/aromatic N) is 3. The van der Waals surface area contributed by atoms with Gasteiger partial charge in [-0.15, -0.1) is 10.2 Å². The number of aromatic nitrogens is 2. The first kappa shape index (κ1) is 19.4. The monoisotopic (exact) mass is 408 g/mol. The summed E-state index contributed by atoms with van der Waals surface area (Å²) in [5.74, 6) is 0.887. The third-order valence-electron chi connectivity index (χ3n) is 5.12. The molecule has 1 aliphatic heterocycles. The maximum Gasteiger partial charge on any atom is 0.262 e. The Morgan fingerprint density at radius 1 is 0.931 bits per heavy atom. The molecule has 4 rings (SSSR count). The maximum atomic E-state index is 12.9. The van der Waals surface area contributed by atoms with Gasteiger partial charge in [0.2, 0.25) is 0 Å². The number of nitrogens with one attached hydrogen (secondary N) is 1. The molecule has 0 saturated carbocycles. The van der Waals surface area contributed by atoms with E-state index in [4.69, 9.17) is 0 Å². The number of hydrogen-bond donors (Lipinski definition) is 1. The van der Waals surface area contributed by atoms with Crippen LogP contribution in [0.3, 0.4) is 0 Å². The van der Waals surface area contributed by atoms with Crippen LogP contribution in [0.4, 0.5) is 11.5 Å². The highest BCUT2D eigenvalue weighted by Crippen LogP contribution is 2.25. The third kappa shape index (κ3) is 4.24. The number of benzene rings is 2. The number of aryl methyl sites for hydroxylation is 2. The maximum absolute atomic E-state index is 12.9. The molecule has 1 aliphatic rings. The summed E-state index contributed by atoms with van der Waals surface area (Å²) in [4.78, 5) is 2.52. The Morgan fingerprint density at radius 2 is 1.72 bits per heavy atom. The molecule has 0 unspecified atom stereocenters. The van der Waals surface area contributed by atoms with E-state index in [9.17, 15) is 8.42 Å². The lowest BCUT2D eigenvalue weighted by molar-refractivity contribution is 0.600. The molecule has 0 bridgehead atoms. The van der Waals surface area contributed by atoms with Crippen LogP contribution in [0.2, 0.25) is 0 Å². The van der Waals surface area contributed by atoms with Gasteiger partial charge in [-0.1, -0.05) is 24.3 Å². The molecule has 0 spiro atoms. The highest BCUT2D eigenvalue weighted by atomic mass is 32.2. The molecule has 0 radical (unpaired) electrons. The molecule has 1 saturated heterocycles. The van der Waals surface area contributed by atoms with E-state index in [1.54, 1.807) is 25.1 Å². The Labute approximate surface area is 171 Å². The number of rotatable bonds is 5. The predicted octanol–water partition coefficient (Wildman–Crippen LogP) is 4.16. The van der Waals surface area contributed by atoms with Gasteiger partial charge >= 0.3 is 0 Å². The van der Waals surface area contributed by atoms with Crippen molar-refractivity contribution in [2.24, 2.45) is 0 Å². The summed E-state index contributed by atoms with van der Waals surface area (Å²) in [7, 11) is -3.68. The average Bonchev–Trinajstić information content (AvgIpc) is 3.25. The van der Waals surface area contributed by atoms with Crippen LogP contribution in [0, 0.1) is 13.8 Å². The summed E-state index contributed by atoms with van der Waals surface area (Å²) in [6.45, 7) is 5.71. The van der Waals surface area contributed by atoms with Crippen molar-refractivity contribution in [3.8, 4) is 11.3 Å². The summed E-state index contributed by atoms with van der Waals surface area (Å²) in [5, 5.41) is 8.69. The van der Waals surface area contributed by atoms with Gasteiger partial charge in [0, 0.05) is 24.3 Å². The number of anilines is 2. The minimum Gasteiger partial charge on any atom is -0.355 e. The molecule has 3 aromatic rings. The van der Waals surface area contributed by atoms with Crippen molar-refractivity contribution in [3.05, 3.63) is 65.7 Å². The molecule has 0 amide bonds. The summed E-state index contributed by atoms with van der Waals surface area (Å²) in [6, 6.07) is 16.5. The molecule has 2 aromatic carbocycles. The van der Waals surface area contributed by atoms with Gasteiger partial charge in [0.25, 0.3) is 10.0 Å². The molecule has 2 heterocycles. The van der Waals surface area contributed by atoms with Gasteiger partial charge in [0.1, 0.15) is 0 Å². The van der Waals surface area contributed by atoms with E-state index in [1.165, 1.54) is 12.8 Å². The van der Waals surface area contributed by atoms with Crippen molar-refractivity contribution in [2.45, 2.75) is 31.6 Å². The molecule has 1 N–H and O–H groups in total. The van der Waals surface area contributed by atoms with E-state index >= 15 is 0 Å². The molecular weight excluding hydrogens is 384 g/mol. The fraction of sp³-hybridized carbons (Fsp3) is 0.273. The van der Waals surface area contributed by atoms with Crippen LogP contribution < -0.4 is 9.62 Å². The first-order valence-electron chi connectivity index (χ1n) is 9.71. The lowest BCUT2D eigenvalue weighted by Crippen LogP contribution is -2.19. The van der Waals surface area contributed by atoms with Gasteiger partial charge in [0.05, 0.1) is 10.6 Å². The standard InChI is InChI=1S/C22H24N4O2S/c1-16-8-9-17(2)21(14-16)29(27,28)25-19-7-5-6-18(15-19)20-10-11-22(24-23-20)26-12-3-4-13-26/h5-11,14-15,25H,3-4,12-13H2,1-2H3. The molecule has 1 aromatic heterocycles. The quantitative estimate of drug-likeness (QED) is 0.686. The molecular formula is C22H24N4O2S. The zero-order valence-electron chi connectivity index (χ0n) is 16.6. The van der Waals surface area contributed by atoms with Gasteiger partial charge in [-0.2, -0.15) is 0 Å². The highest BCUT2D eigenvalue weighted by molar-refractivity contribution is 7.92. The van der Waals surface area contributed by atoms with Crippen LogP contribution in [0.1, 0.15) is 24.0 Å². The number of sulfonamides is 1. The SMILES string of the molecule is Cc1ccc(C)c(S(=O)(=O)Nc2cccc(-c3ccc(N4CCCC4)nn3)c2)c1. The lowest BCUT2D eigenvalue weighted by Gasteiger charge is -2.15. The Kier molecular flexibility index (Phi) is 5.24. The van der Waals surface area contributed by atoms with E-state index < -0.39 is 10.0 Å². The lowest BCUT2D eigenvalue weighted by atomic mass is 10.1. The third-order valence-corrected chi connectivity index (χ3v) is 6.65. The number of hydrogen-bond acceptors (Lipinski definition) is 5. The Morgan fingerprint density at radius 3 is 2.45 bits per heavy atom. The average molecular weight is 409 g/mol. The smallest absolute Gasteiger partial charge is 0.262 e. The van der Waals surface area contributed by atoms with Crippen LogP contribution in [-0.2, 0) is 10.0 Å². The minimum atomic E-state index is -3.68. The van der Waals surface area contributed by atoms with Crippen molar-refractivity contribution in [1.29, 1.82) is 0 Å². The summed E-state index contributed by atoms with van der Waals surface area (Å²) >= 11 is 0. The van der Waals surface area contributed by atoms with Crippen LogP contribution >= 0.6 is 0 Å². The van der Waals surface area contributed by atoms with E-state index in [1.807, 2.05) is 43.3 Å². The van der Waals surface area contributed by atoms with Gasteiger partial charge in [-0.05, 0) is 68.1 Å². The Hall–Kier alpha value is -2.93. The molecule has 1 fully saturated rings. The topological polar surface area (TPSA) is 75.2 Å². The molecule has 0 aliphatic carbocycles. The van der Waals surface area contributed by atoms with Crippen molar-refractivity contribution < 1.29 is 8.42 Å². The fourth-order valence-electron chi connectivity index (χ4n) is 3.54. The first-order valence-corrected chi connectivity index (χ1v) is 11.2. The molecule has 0 atom stereocenters. The van der Waals surface area contributed by atoms with Crippen molar-refractivity contribution in [3.63, 3.8) is 0 Å². The highest BCUT2D eigenvalue weighted by Gasteiger charge is 2.18. The summed E-state index contributed by atoms with van der Waals surface area (Å²) in [5.41, 5.74) is 3.63. The predicted molar refractivity (Wildman–Crippen MR) is 116 cm³/mol. The fourth-order valence-corrected chi connectivity index (χ4v) is 4.92. The van der Waals surface area contributed by atoms with E-state index in [0.29, 0.717) is 16.9 Å². The van der Waals surface area contributed by atoms with E-state index in [-0.39, 0.29) is 4.90 Å². The Balaban J connectivity index is 1.58. The largest absolute Gasteiger partial charge is 0.355 e. The van der Waals surface area contributed by atoms with E-state index in [0.717, 1.165) is 30.0 Å². The van der Waals surface area contributed by atoms with Crippen molar-refractivity contribution >= 4 is 21.5 Å². The second-order valence-electron chi connectivity index (χ2n) is 7.43. The van der Waals surface area contributed by atoms with Crippen molar-refractivity contribution in [1.82, 2.24) is 10.2 Å². The van der Waals surface area contributed by atoms with Crippen molar-refractivity contribution in [2.75, 3.05) is 22.7 Å². The van der Waals surface area contributed by atoms with Gasteiger partial charge < -0.3 is 4.90 Å². The molecule has 150 valence electrons. The van der Waals surface area contributed by atoms with E-state index in [2.05, 4.69) is 19.8 Å². The molecule has 6 nitrogen and oxygen atoms in total. The summed E-state index contributed by atoms with van der Waals surface area (Å²) in [6.07, 6.45) is 2.37. The van der Waals surface area contributed by atoms with Gasteiger partial charge in [-0.3, -0.25) is 4.72 Å². The van der Waals surface area contributed by atoms with Crippen LogP contribution in [-0.4, -0.2) is 31.7 Å². The van der Waals surface area contributed by atoms with Gasteiger partial charge in [-0.25, -0.2) is 8.42 Å². The van der Waals surface area contributed by atoms with Crippen LogP contribution in [0.5, 0.6) is 0 Å².